The molecule has 0 radical (unpaired) electrons. The third-order valence-corrected chi connectivity index (χ3v) is 2.89. The molecule has 1 heterocycles. The SMILES string of the molecule is CC(C)(C)/C=C1\SC(=O)N(CCC(=O)O)C1=O. The largest absolute Gasteiger partial charge is 0.481 e. The summed E-state index contributed by atoms with van der Waals surface area (Å²) in [7, 11) is 0. The zero-order valence-corrected chi connectivity index (χ0v) is 10.8. The molecule has 0 aromatic heterocycles. The minimum Gasteiger partial charge on any atom is -0.481 e. The van der Waals surface area contributed by atoms with E-state index in [1.165, 1.54) is 0 Å². The molecule has 5 nitrogen and oxygen atoms in total. The Morgan fingerprint density at radius 3 is 2.47 bits per heavy atom. The van der Waals surface area contributed by atoms with Crippen LogP contribution in [0, 0.1) is 5.41 Å². The fourth-order valence-electron chi connectivity index (χ4n) is 1.29. The van der Waals surface area contributed by atoms with Crippen LogP contribution in [0.1, 0.15) is 27.2 Å². The van der Waals surface area contributed by atoms with E-state index in [9.17, 15) is 14.4 Å². The van der Waals surface area contributed by atoms with Crippen molar-refractivity contribution in [3.63, 3.8) is 0 Å². The van der Waals surface area contributed by atoms with Gasteiger partial charge in [0.2, 0.25) is 0 Å². The Hall–Kier alpha value is -1.30. The first-order chi connectivity index (χ1) is 7.70. The zero-order chi connectivity index (χ0) is 13.2. The minimum absolute atomic E-state index is 0.0680. The molecule has 1 N–H and O–H groups in total. The maximum Gasteiger partial charge on any atom is 0.305 e. The van der Waals surface area contributed by atoms with E-state index in [1.54, 1.807) is 6.08 Å². The summed E-state index contributed by atoms with van der Waals surface area (Å²) in [6.07, 6.45) is 1.51. The van der Waals surface area contributed by atoms with E-state index in [4.69, 9.17) is 5.11 Å². The van der Waals surface area contributed by atoms with Gasteiger partial charge in [0.1, 0.15) is 0 Å². The number of allylic oxidation sites excluding steroid dienone is 1. The quantitative estimate of drug-likeness (QED) is 0.783. The maximum absolute atomic E-state index is 11.8. The summed E-state index contributed by atoms with van der Waals surface area (Å²) in [5.74, 6) is -1.42. The Morgan fingerprint density at radius 2 is 2.00 bits per heavy atom. The average Bonchev–Trinajstić information content (AvgIpc) is 2.37. The Labute approximate surface area is 104 Å². The molecule has 0 atom stereocenters. The molecule has 0 aliphatic carbocycles. The summed E-state index contributed by atoms with van der Waals surface area (Å²) in [6.45, 7) is 5.72. The highest BCUT2D eigenvalue weighted by molar-refractivity contribution is 8.18. The zero-order valence-electron chi connectivity index (χ0n) is 10.0. The standard InChI is InChI=1S/C11H15NO4S/c1-11(2,3)6-7-9(15)12(10(16)17-7)5-4-8(13)14/h6H,4-5H2,1-3H3,(H,13,14)/b7-6-. The van der Waals surface area contributed by atoms with Crippen LogP contribution in [0.2, 0.25) is 0 Å². The van der Waals surface area contributed by atoms with Gasteiger partial charge in [0, 0.05) is 6.54 Å². The van der Waals surface area contributed by atoms with Crippen molar-refractivity contribution >= 4 is 28.9 Å². The van der Waals surface area contributed by atoms with Crippen LogP contribution < -0.4 is 0 Å². The predicted molar refractivity (Wildman–Crippen MR) is 64.5 cm³/mol. The van der Waals surface area contributed by atoms with Crippen LogP contribution >= 0.6 is 11.8 Å². The number of amides is 2. The normalized spacial score (nSPS) is 19.2. The highest BCUT2D eigenvalue weighted by Crippen LogP contribution is 2.33. The molecule has 2 amide bonds. The fourth-order valence-corrected chi connectivity index (χ4v) is 2.38. The third kappa shape index (κ3) is 3.89. The van der Waals surface area contributed by atoms with Crippen LogP contribution in [-0.2, 0) is 9.59 Å². The van der Waals surface area contributed by atoms with Crippen LogP contribution in [0.3, 0.4) is 0 Å². The van der Waals surface area contributed by atoms with Crippen LogP contribution in [0.5, 0.6) is 0 Å². The van der Waals surface area contributed by atoms with Crippen molar-refractivity contribution in [2.75, 3.05) is 6.54 Å². The average molecular weight is 257 g/mol. The van der Waals surface area contributed by atoms with Crippen LogP contribution in [0.15, 0.2) is 11.0 Å². The lowest BCUT2D eigenvalue weighted by Crippen LogP contribution is -2.30. The molecule has 0 unspecified atom stereocenters. The number of carbonyl (C=O) groups excluding carboxylic acids is 2. The van der Waals surface area contributed by atoms with Gasteiger partial charge in [-0.2, -0.15) is 0 Å². The van der Waals surface area contributed by atoms with Gasteiger partial charge in [-0.3, -0.25) is 19.3 Å². The van der Waals surface area contributed by atoms with Crippen molar-refractivity contribution in [1.29, 1.82) is 0 Å². The number of hydrogen-bond donors (Lipinski definition) is 1. The summed E-state index contributed by atoms with van der Waals surface area (Å²) < 4.78 is 0. The molecule has 0 saturated carbocycles. The third-order valence-electron chi connectivity index (χ3n) is 1.99. The highest BCUT2D eigenvalue weighted by Gasteiger charge is 2.35. The predicted octanol–water partition coefficient (Wildman–Crippen LogP) is 2.09. The number of nitrogens with zero attached hydrogens (tertiary/aromatic N) is 1. The second kappa shape index (κ2) is 4.91. The van der Waals surface area contributed by atoms with Crippen LogP contribution in [0.25, 0.3) is 0 Å². The van der Waals surface area contributed by atoms with Crippen molar-refractivity contribution in [2.24, 2.45) is 5.41 Å². The van der Waals surface area contributed by atoms with Gasteiger partial charge >= 0.3 is 5.97 Å². The first-order valence-corrected chi connectivity index (χ1v) is 6.01. The maximum atomic E-state index is 11.8. The van der Waals surface area contributed by atoms with E-state index in [2.05, 4.69) is 0 Å². The molecule has 0 aromatic carbocycles. The number of carboxylic acid groups (broad SMARTS) is 1. The summed E-state index contributed by atoms with van der Waals surface area (Å²) in [5.41, 5.74) is -0.193. The van der Waals surface area contributed by atoms with Crippen molar-refractivity contribution in [3.8, 4) is 0 Å². The van der Waals surface area contributed by atoms with E-state index in [1.807, 2.05) is 20.8 Å². The molecular formula is C11H15NO4S. The number of aliphatic carboxylic acids is 1. The molecule has 0 spiro atoms. The van der Waals surface area contributed by atoms with Gasteiger partial charge < -0.3 is 5.11 Å². The van der Waals surface area contributed by atoms with Gasteiger partial charge in [0.15, 0.2) is 0 Å². The van der Waals surface area contributed by atoms with Crippen LogP contribution in [0.4, 0.5) is 4.79 Å². The fraction of sp³-hybridized carbons (Fsp3) is 0.545. The Kier molecular flexibility index (Phi) is 3.98. The highest BCUT2D eigenvalue weighted by atomic mass is 32.2. The lowest BCUT2D eigenvalue weighted by atomic mass is 9.96. The van der Waals surface area contributed by atoms with Crippen molar-refractivity contribution in [2.45, 2.75) is 27.2 Å². The van der Waals surface area contributed by atoms with Gasteiger partial charge in [-0.1, -0.05) is 26.8 Å². The number of carboxylic acids is 1. The molecule has 6 heteroatoms. The molecule has 1 saturated heterocycles. The summed E-state index contributed by atoms with van der Waals surface area (Å²) in [5, 5.41) is 8.13. The second-order valence-corrected chi connectivity index (χ2v) is 5.84. The monoisotopic (exact) mass is 257 g/mol. The second-order valence-electron chi connectivity index (χ2n) is 4.84. The van der Waals surface area contributed by atoms with Gasteiger partial charge in [-0.05, 0) is 17.2 Å². The number of imide groups is 1. The molecule has 17 heavy (non-hydrogen) atoms. The van der Waals surface area contributed by atoms with Crippen molar-refractivity contribution in [3.05, 3.63) is 11.0 Å². The Balaban J connectivity index is 2.79. The van der Waals surface area contributed by atoms with Gasteiger partial charge in [-0.15, -0.1) is 0 Å². The smallest absolute Gasteiger partial charge is 0.305 e. The number of carbonyl (C=O) groups is 3. The van der Waals surface area contributed by atoms with E-state index >= 15 is 0 Å². The van der Waals surface area contributed by atoms with E-state index in [0.717, 1.165) is 16.7 Å². The van der Waals surface area contributed by atoms with Crippen LogP contribution in [-0.4, -0.2) is 33.7 Å². The lowest BCUT2D eigenvalue weighted by Gasteiger charge is -2.13. The molecule has 1 aliphatic heterocycles. The van der Waals surface area contributed by atoms with E-state index < -0.39 is 17.1 Å². The number of hydrogen-bond acceptors (Lipinski definition) is 4. The molecule has 1 aliphatic rings. The summed E-state index contributed by atoms with van der Waals surface area (Å²) in [6, 6.07) is 0. The number of rotatable bonds is 3. The molecular weight excluding hydrogens is 242 g/mol. The molecule has 1 rings (SSSR count). The molecule has 0 aromatic rings. The summed E-state index contributed by atoms with van der Waals surface area (Å²) >= 11 is 0.866. The van der Waals surface area contributed by atoms with Gasteiger partial charge in [0.05, 0.1) is 11.3 Å². The first kappa shape index (κ1) is 13.8. The Morgan fingerprint density at radius 1 is 1.41 bits per heavy atom. The molecule has 94 valence electrons. The number of thioether (sulfide) groups is 1. The lowest BCUT2D eigenvalue weighted by molar-refractivity contribution is -0.137. The topological polar surface area (TPSA) is 74.7 Å². The van der Waals surface area contributed by atoms with E-state index in [-0.39, 0.29) is 18.4 Å². The van der Waals surface area contributed by atoms with E-state index in [0.29, 0.717) is 4.91 Å². The van der Waals surface area contributed by atoms with Crippen molar-refractivity contribution < 1.29 is 19.5 Å². The van der Waals surface area contributed by atoms with Gasteiger partial charge in [-0.25, -0.2) is 0 Å². The minimum atomic E-state index is -1.02. The molecule has 0 bridgehead atoms. The van der Waals surface area contributed by atoms with Crippen molar-refractivity contribution in [1.82, 2.24) is 4.90 Å². The first-order valence-electron chi connectivity index (χ1n) is 5.19. The van der Waals surface area contributed by atoms with Gasteiger partial charge in [0.25, 0.3) is 11.1 Å². The molecule has 1 fully saturated rings. The Bertz CT molecular complexity index is 395. The summed E-state index contributed by atoms with van der Waals surface area (Å²) in [4.78, 5) is 35.1.